The zero-order chi connectivity index (χ0) is 11.6. The van der Waals surface area contributed by atoms with Crippen molar-refractivity contribution < 1.29 is 0 Å². The first kappa shape index (κ1) is 12.7. The van der Waals surface area contributed by atoms with E-state index >= 15 is 0 Å². The summed E-state index contributed by atoms with van der Waals surface area (Å²) in [5.41, 5.74) is 2.24. The van der Waals surface area contributed by atoms with Crippen molar-refractivity contribution in [1.82, 2.24) is 0 Å². The highest BCUT2D eigenvalue weighted by Gasteiger charge is 1.91. The molecule has 16 heavy (non-hydrogen) atoms. The second kappa shape index (κ2) is 7.91. The maximum atomic E-state index is 4.43. The highest BCUT2D eigenvalue weighted by Crippen LogP contribution is 1.89. The van der Waals surface area contributed by atoms with Crippen molar-refractivity contribution in [2.45, 2.75) is 26.7 Å². The third-order valence-electron chi connectivity index (χ3n) is 2.25. The van der Waals surface area contributed by atoms with E-state index in [2.05, 4.69) is 20.0 Å². The van der Waals surface area contributed by atoms with Crippen LogP contribution in [0.1, 0.15) is 26.7 Å². The summed E-state index contributed by atoms with van der Waals surface area (Å²) >= 11 is 0. The molecule has 1 heterocycles. The minimum absolute atomic E-state index is 0.764. The molecule has 0 amide bonds. The van der Waals surface area contributed by atoms with Crippen LogP contribution in [-0.4, -0.2) is 50.0 Å². The molecule has 0 saturated carbocycles. The summed E-state index contributed by atoms with van der Waals surface area (Å²) in [6.07, 6.45) is 5.53. The first-order valence-electron chi connectivity index (χ1n) is 5.75. The monoisotopic (exact) mass is 220 g/mol. The van der Waals surface area contributed by atoms with Gasteiger partial charge in [-0.25, -0.2) is 0 Å². The molecular formula is C12H20N4. The minimum atomic E-state index is 0.764. The second-order valence-electron chi connectivity index (χ2n) is 3.82. The Bertz CT molecular complexity index is 281. The summed E-state index contributed by atoms with van der Waals surface area (Å²) in [5.74, 6) is 0. The molecule has 0 spiro atoms. The van der Waals surface area contributed by atoms with E-state index in [1.807, 2.05) is 26.3 Å². The topological polar surface area (TPSA) is 49.4 Å². The van der Waals surface area contributed by atoms with Crippen LogP contribution in [-0.2, 0) is 0 Å². The van der Waals surface area contributed by atoms with Gasteiger partial charge in [-0.2, -0.15) is 0 Å². The van der Waals surface area contributed by atoms with Gasteiger partial charge >= 0.3 is 0 Å². The van der Waals surface area contributed by atoms with Crippen LogP contribution >= 0.6 is 0 Å². The van der Waals surface area contributed by atoms with E-state index in [0.29, 0.717) is 0 Å². The van der Waals surface area contributed by atoms with Crippen LogP contribution in [0.3, 0.4) is 0 Å². The average molecular weight is 220 g/mol. The van der Waals surface area contributed by atoms with Crippen LogP contribution in [0, 0.1) is 0 Å². The summed E-state index contributed by atoms with van der Waals surface area (Å²) in [6, 6.07) is 0. The summed E-state index contributed by atoms with van der Waals surface area (Å²) in [4.78, 5) is 17.4. The summed E-state index contributed by atoms with van der Waals surface area (Å²) in [5, 5.41) is 0. The second-order valence-corrected chi connectivity index (χ2v) is 3.82. The lowest BCUT2D eigenvalue weighted by atomic mass is 10.3. The van der Waals surface area contributed by atoms with Gasteiger partial charge in [0.2, 0.25) is 0 Å². The zero-order valence-electron chi connectivity index (χ0n) is 10.2. The van der Waals surface area contributed by atoms with E-state index in [-0.39, 0.29) is 0 Å². The predicted octanol–water partition coefficient (Wildman–Crippen LogP) is 1.84. The fourth-order valence-electron chi connectivity index (χ4n) is 1.30. The van der Waals surface area contributed by atoms with Crippen molar-refractivity contribution in [2.75, 3.05) is 26.2 Å². The van der Waals surface area contributed by atoms with Gasteiger partial charge in [-0.15, -0.1) is 0 Å². The molecular weight excluding hydrogens is 200 g/mol. The van der Waals surface area contributed by atoms with Crippen molar-refractivity contribution >= 4 is 23.9 Å². The average Bonchev–Trinajstić information content (AvgIpc) is 2.27. The molecule has 0 bridgehead atoms. The number of aliphatic imine (C=N–C) groups is 4. The third-order valence-corrected chi connectivity index (χ3v) is 2.25. The normalized spacial score (nSPS) is 19.9. The molecule has 0 N–H and O–H groups in total. The van der Waals surface area contributed by atoms with E-state index in [4.69, 9.17) is 0 Å². The molecule has 0 aromatic heterocycles. The Morgan fingerprint density at radius 2 is 1.19 bits per heavy atom. The molecule has 1 aliphatic heterocycles. The molecule has 88 valence electrons. The molecule has 0 aromatic carbocycles. The lowest BCUT2D eigenvalue weighted by molar-refractivity contribution is 0.959. The van der Waals surface area contributed by atoms with Crippen LogP contribution in [0.5, 0.6) is 0 Å². The molecule has 0 radical (unpaired) electrons. The lowest BCUT2D eigenvalue weighted by Crippen LogP contribution is -2.01. The Hall–Kier alpha value is -1.32. The van der Waals surface area contributed by atoms with Crippen LogP contribution in [0.25, 0.3) is 0 Å². The van der Waals surface area contributed by atoms with Crippen LogP contribution in [0.15, 0.2) is 20.0 Å². The van der Waals surface area contributed by atoms with Gasteiger partial charge in [0.1, 0.15) is 0 Å². The van der Waals surface area contributed by atoms with Crippen molar-refractivity contribution in [3.05, 3.63) is 0 Å². The Labute approximate surface area is 97.3 Å². The Morgan fingerprint density at radius 1 is 0.750 bits per heavy atom. The number of hydrogen-bond donors (Lipinski definition) is 0. The zero-order valence-corrected chi connectivity index (χ0v) is 10.2. The van der Waals surface area contributed by atoms with Gasteiger partial charge in [-0.3, -0.25) is 20.0 Å². The summed E-state index contributed by atoms with van der Waals surface area (Å²) in [7, 11) is 0. The Morgan fingerprint density at radius 3 is 1.62 bits per heavy atom. The molecule has 4 nitrogen and oxygen atoms in total. The molecule has 1 rings (SSSR count). The Balaban J connectivity index is 2.54. The number of rotatable bonds is 0. The van der Waals surface area contributed by atoms with Crippen molar-refractivity contribution in [3.63, 3.8) is 0 Å². The van der Waals surface area contributed by atoms with E-state index in [1.54, 1.807) is 0 Å². The lowest BCUT2D eigenvalue weighted by Gasteiger charge is -1.98. The van der Waals surface area contributed by atoms with E-state index in [1.165, 1.54) is 0 Å². The van der Waals surface area contributed by atoms with Crippen LogP contribution < -0.4 is 0 Å². The molecule has 0 saturated heterocycles. The molecule has 0 aliphatic carbocycles. The largest absolute Gasteiger partial charge is 0.295 e. The highest BCUT2D eigenvalue weighted by molar-refractivity contribution is 5.94. The summed E-state index contributed by atoms with van der Waals surface area (Å²) in [6.45, 7) is 7.14. The van der Waals surface area contributed by atoms with Gasteiger partial charge in [0.25, 0.3) is 0 Å². The van der Waals surface area contributed by atoms with Crippen molar-refractivity contribution in [1.29, 1.82) is 0 Å². The maximum absolute atomic E-state index is 4.43. The standard InChI is InChI=1S/C12H20N4/c1-11-3-5-13-7-8-14-6-4-12(2)16-10-9-15-11/h5-6H,3-4,7-10H2,1-2H3. The predicted molar refractivity (Wildman–Crippen MR) is 71.9 cm³/mol. The fraction of sp³-hybridized carbons (Fsp3) is 0.667. The fourth-order valence-corrected chi connectivity index (χ4v) is 1.30. The number of nitrogens with zero attached hydrogens (tertiary/aromatic N) is 4. The first-order valence-corrected chi connectivity index (χ1v) is 5.75. The van der Waals surface area contributed by atoms with Crippen LogP contribution in [0.2, 0.25) is 0 Å². The third kappa shape index (κ3) is 6.22. The molecule has 0 aromatic rings. The van der Waals surface area contributed by atoms with E-state index in [9.17, 15) is 0 Å². The number of hydrogen-bond acceptors (Lipinski definition) is 4. The SMILES string of the molecule is CC1=NCCN=C(C)CC=NCCN=CC1. The smallest absolute Gasteiger partial charge is 0.0584 e. The molecule has 1 aliphatic rings. The van der Waals surface area contributed by atoms with Crippen molar-refractivity contribution in [2.24, 2.45) is 20.0 Å². The van der Waals surface area contributed by atoms with Crippen molar-refractivity contribution in [3.8, 4) is 0 Å². The highest BCUT2D eigenvalue weighted by atomic mass is 14.8. The molecule has 0 fully saturated rings. The molecule has 0 unspecified atom stereocenters. The molecule has 4 heteroatoms. The Kier molecular flexibility index (Phi) is 6.30. The van der Waals surface area contributed by atoms with Gasteiger partial charge in [0.05, 0.1) is 26.2 Å². The molecule has 0 atom stereocenters. The van der Waals surface area contributed by atoms with Crippen LogP contribution in [0.4, 0.5) is 0 Å². The van der Waals surface area contributed by atoms with Gasteiger partial charge in [-0.05, 0) is 13.8 Å². The van der Waals surface area contributed by atoms with Gasteiger partial charge in [-0.1, -0.05) is 0 Å². The van der Waals surface area contributed by atoms with E-state index in [0.717, 1.165) is 50.4 Å². The minimum Gasteiger partial charge on any atom is -0.295 e. The quantitative estimate of drug-likeness (QED) is 0.598. The van der Waals surface area contributed by atoms with Gasteiger partial charge < -0.3 is 0 Å². The maximum Gasteiger partial charge on any atom is 0.0584 e. The first-order chi connectivity index (χ1) is 7.79. The van der Waals surface area contributed by atoms with Gasteiger partial charge in [0.15, 0.2) is 0 Å². The van der Waals surface area contributed by atoms with Gasteiger partial charge in [0, 0.05) is 36.7 Å². The van der Waals surface area contributed by atoms with E-state index < -0.39 is 0 Å². The summed E-state index contributed by atoms with van der Waals surface area (Å²) < 4.78 is 0.